The number of benzene rings is 2. The first-order valence-electron chi connectivity index (χ1n) is 10.0. The number of rotatable bonds is 5. The molecule has 1 saturated carbocycles. The quantitative estimate of drug-likeness (QED) is 0.591. The Hall–Kier alpha value is -2.95. The summed E-state index contributed by atoms with van der Waals surface area (Å²) in [7, 11) is 3.61. The summed E-state index contributed by atoms with van der Waals surface area (Å²) < 4.78 is 13.6. The Morgan fingerprint density at radius 2 is 1.72 bits per heavy atom. The highest BCUT2D eigenvalue weighted by Crippen LogP contribution is 2.26. The number of halogens is 1. The minimum atomic E-state index is -0.276. The fraction of sp³-hybridized carbons (Fsp3) is 0.333. The highest BCUT2D eigenvalue weighted by Gasteiger charge is 2.24. The van der Waals surface area contributed by atoms with Crippen LogP contribution in [0.15, 0.2) is 59.7 Å². The van der Waals surface area contributed by atoms with Gasteiger partial charge in [0, 0.05) is 31.9 Å². The van der Waals surface area contributed by atoms with Crippen LogP contribution in [0.3, 0.4) is 0 Å². The van der Waals surface area contributed by atoms with E-state index in [2.05, 4.69) is 11.7 Å². The number of carbonyl (C=O) groups is 1. The molecule has 0 aliphatic heterocycles. The highest BCUT2D eigenvalue weighted by atomic mass is 19.1. The molecule has 0 saturated heterocycles. The molecule has 1 aliphatic carbocycles. The Bertz CT molecular complexity index is 903. The van der Waals surface area contributed by atoms with Crippen LogP contribution in [0.2, 0.25) is 0 Å². The number of hydrogen-bond acceptors (Lipinski definition) is 2. The zero-order valence-corrected chi connectivity index (χ0v) is 17.1. The van der Waals surface area contributed by atoms with E-state index in [-0.39, 0.29) is 11.8 Å². The van der Waals surface area contributed by atoms with E-state index in [0.717, 1.165) is 29.5 Å². The van der Waals surface area contributed by atoms with E-state index in [1.54, 1.807) is 24.2 Å². The first kappa shape index (κ1) is 20.8. The van der Waals surface area contributed by atoms with E-state index in [9.17, 15) is 9.18 Å². The largest absolute Gasteiger partial charge is 0.324 e. The van der Waals surface area contributed by atoms with Crippen molar-refractivity contribution in [2.75, 3.05) is 14.1 Å². The fourth-order valence-electron chi connectivity index (χ4n) is 3.84. The lowest BCUT2D eigenvalue weighted by Gasteiger charge is -2.33. The van der Waals surface area contributed by atoms with Crippen molar-refractivity contribution < 1.29 is 9.18 Å². The molecule has 4 nitrogen and oxygen atoms in total. The monoisotopic (exact) mass is 393 g/mol. The van der Waals surface area contributed by atoms with Crippen LogP contribution >= 0.6 is 0 Å². The van der Waals surface area contributed by atoms with Crippen molar-refractivity contribution in [3.05, 3.63) is 66.1 Å². The summed E-state index contributed by atoms with van der Waals surface area (Å²) >= 11 is 0. The van der Waals surface area contributed by atoms with Gasteiger partial charge < -0.3 is 9.80 Å². The minimum Gasteiger partial charge on any atom is -0.324 e. The first-order chi connectivity index (χ1) is 14.0. The van der Waals surface area contributed by atoms with E-state index in [1.807, 2.05) is 42.3 Å². The average Bonchev–Trinajstić information content (AvgIpc) is 2.77. The van der Waals surface area contributed by atoms with Crippen LogP contribution in [0.25, 0.3) is 16.8 Å². The topological polar surface area (TPSA) is 35.9 Å². The van der Waals surface area contributed by atoms with Crippen molar-refractivity contribution in [2.45, 2.75) is 38.1 Å². The number of hydrogen-bond donors (Lipinski definition) is 0. The molecule has 0 atom stereocenters. The molecule has 0 radical (unpaired) electrons. The lowest BCUT2D eigenvalue weighted by molar-refractivity contribution is 0.154. The van der Waals surface area contributed by atoms with Crippen LogP contribution in [0.5, 0.6) is 0 Å². The van der Waals surface area contributed by atoms with E-state index >= 15 is 0 Å². The summed E-state index contributed by atoms with van der Waals surface area (Å²) in [4.78, 5) is 20.4. The molecule has 29 heavy (non-hydrogen) atoms. The molecule has 1 fully saturated rings. The third-order valence-corrected chi connectivity index (χ3v) is 5.53. The van der Waals surface area contributed by atoms with Crippen molar-refractivity contribution >= 4 is 18.4 Å². The van der Waals surface area contributed by atoms with Gasteiger partial charge in [0.15, 0.2) is 0 Å². The lowest BCUT2D eigenvalue weighted by atomic mass is 9.95. The maximum atomic E-state index is 13.6. The van der Waals surface area contributed by atoms with Crippen LogP contribution in [0.1, 0.15) is 37.7 Å². The van der Waals surface area contributed by atoms with E-state index in [4.69, 9.17) is 0 Å². The number of carbonyl (C=O) groups excluding carboxylic acids is 1. The van der Waals surface area contributed by atoms with Crippen molar-refractivity contribution in [1.82, 2.24) is 9.80 Å². The number of urea groups is 1. The Kier molecular flexibility index (Phi) is 6.81. The van der Waals surface area contributed by atoms with Crippen LogP contribution in [0.4, 0.5) is 9.18 Å². The third kappa shape index (κ3) is 5.11. The van der Waals surface area contributed by atoms with Gasteiger partial charge in [-0.25, -0.2) is 9.18 Å². The second-order valence-electron chi connectivity index (χ2n) is 7.56. The van der Waals surface area contributed by atoms with Crippen LogP contribution in [-0.4, -0.2) is 42.7 Å². The molecule has 3 rings (SSSR count). The fourth-order valence-corrected chi connectivity index (χ4v) is 3.84. The molecule has 2 aromatic carbocycles. The maximum absolute atomic E-state index is 13.6. The SMILES string of the molecule is C=NC(=CN(C)C(=O)N(C)C1CCCCC1)c1cccc(-c2cccc(F)c2)c1. The Labute approximate surface area is 172 Å². The van der Waals surface area contributed by atoms with E-state index in [1.165, 1.54) is 31.4 Å². The zero-order chi connectivity index (χ0) is 20.8. The van der Waals surface area contributed by atoms with Gasteiger partial charge in [-0.2, -0.15) is 0 Å². The zero-order valence-electron chi connectivity index (χ0n) is 17.1. The van der Waals surface area contributed by atoms with Crippen LogP contribution in [-0.2, 0) is 0 Å². The molecule has 5 heteroatoms. The van der Waals surface area contributed by atoms with Gasteiger partial charge in [0.25, 0.3) is 0 Å². The number of nitrogens with zero attached hydrogens (tertiary/aromatic N) is 3. The first-order valence-corrected chi connectivity index (χ1v) is 10.0. The average molecular weight is 394 g/mol. The standard InChI is InChI=1S/C24H28FN3O/c1-26-23(17-27(2)24(29)28(3)22-13-5-4-6-14-22)20-11-7-9-18(15-20)19-10-8-12-21(25)16-19/h7-12,15-17,22H,1,4-6,13-14H2,2-3H3. The van der Waals surface area contributed by atoms with Crippen molar-refractivity contribution in [1.29, 1.82) is 0 Å². The highest BCUT2D eigenvalue weighted by molar-refractivity contribution is 5.79. The molecule has 152 valence electrons. The van der Waals surface area contributed by atoms with Gasteiger partial charge in [0.1, 0.15) is 5.82 Å². The summed E-state index contributed by atoms with van der Waals surface area (Å²) in [5.74, 6) is -0.276. The Morgan fingerprint density at radius 1 is 1.07 bits per heavy atom. The predicted molar refractivity (Wildman–Crippen MR) is 117 cm³/mol. The molecule has 0 spiro atoms. The van der Waals surface area contributed by atoms with Gasteiger partial charge >= 0.3 is 6.03 Å². The summed E-state index contributed by atoms with van der Waals surface area (Å²) in [5.41, 5.74) is 3.08. The Morgan fingerprint density at radius 3 is 2.38 bits per heavy atom. The van der Waals surface area contributed by atoms with Gasteiger partial charge in [-0.15, -0.1) is 0 Å². The molecule has 2 amide bonds. The molecule has 2 aromatic rings. The lowest BCUT2D eigenvalue weighted by Crippen LogP contribution is -2.43. The Balaban J connectivity index is 1.81. The maximum Gasteiger partial charge on any atom is 0.323 e. The molecular formula is C24H28FN3O. The van der Waals surface area contributed by atoms with Gasteiger partial charge in [-0.3, -0.25) is 4.99 Å². The normalized spacial score (nSPS) is 15.1. The minimum absolute atomic E-state index is 0.0562. The van der Waals surface area contributed by atoms with Gasteiger partial charge in [-0.1, -0.05) is 49.6 Å². The molecule has 0 aromatic heterocycles. The van der Waals surface area contributed by atoms with Crippen molar-refractivity contribution in [3.63, 3.8) is 0 Å². The van der Waals surface area contributed by atoms with E-state index < -0.39 is 0 Å². The van der Waals surface area contributed by atoms with Gasteiger partial charge in [0.05, 0.1) is 5.70 Å². The van der Waals surface area contributed by atoms with Gasteiger partial charge in [-0.05, 0) is 48.9 Å². The van der Waals surface area contributed by atoms with Crippen LogP contribution in [0, 0.1) is 5.82 Å². The molecule has 0 N–H and O–H groups in total. The smallest absolute Gasteiger partial charge is 0.323 e. The molecule has 0 unspecified atom stereocenters. The summed E-state index contributed by atoms with van der Waals surface area (Å²) in [6.07, 6.45) is 7.42. The number of amides is 2. The van der Waals surface area contributed by atoms with Crippen molar-refractivity contribution in [3.8, 4) is 11.1 Å². The summed E-state index contributed by atoms with van der Waals surface area (Å²) in [6, 6.07) is 14.4. The second-order valence-corrected chi connectivity index (χ2v) is 7.56. The van der Waals surface area contributed by atoms with Crippen LogP contribution < -0.4 is 0 Å². The molecule has 0 bridgehead atoms. The third-order valence-electron chi connectivity index (χ3n) is 5.53. The number of aliphatic imine (C=N–C) groups is 1. The van der Waals surface area contributed by atoms with E-state index in [0.29, 0.717) is 11.7 Å². The molecule has 1 aliphatic rings. The summed E-state index contributed by atoms with van der Waals surface area (Å²) in [6.45, 7) is 3.67. The molecule has 0 heterocycles. The predicted octanol–water partition coefficient (Wildman–Crippen LogP) is 5.81. The van der Waals surface area contributed by atoms with Gasteiger partial charge in [0.2, 0.25) is 0 Å². The second kappa shape index (κ2) is 9.50. The van der Waals surface area contributed by atoms with Crippen molar-refractivity contribution in [2.24, 2.45) is 4.99 Å². The molecular weight excluding hydrogens is 365 g/mol. The summed E-state index contributed by atoms with van der Waals surface area (Å²) in [5, 5.41) is 0.